The molecule has 0 radical (unpaired) electrons. The van der Waals surface area contributed by atoms with E-state index < -0.39 is 4.92 Å². The summed E-state index contributed by atoms with van der Waals surface area (Å²) in [5.74, 6) is 0. The second kappa shape index (κ2) is 4.06. The fourth-order valence-electron chi connectivity index (χ4n) is 1.35. The van der Waals surface area contributed by atoms with Crippen LogP contribution in [0.2, 0.25) is 0 Å². The molecule has 3 N–H and O–H groups in total. The summed E-state index contributed by atoms with van der Waals surface area (Å²) >= 11 is 0. The average Bonchev–Trinajstić information content (AvgIpc) is 2.11. The quantitative estimate of drug-likeness (QED) is 0.429. The molecule has 0 amide bonds. The maximum atomic E-state index is 10.7. The van der Waals surface area contributed by atoms with Crippen molar-refractivity contribution in [2.75, 3.05) is 12.3 Å². The van der Waals surface area contributed by atoms with E-state index in [1.165, 1.54) is 0 Å². The number of aliphatic hydroxyl groups excluding tert-OH is 1. The predicted octanol–water partition coefficient (Wildman–Crippen LogP) is 1.02. The molecule has 0 unspecified atom stereocenters. The summed E-state index contributed by atoms with van der Waals surface area (Å²) in [6, 6.07) is 3.20. The Labute approximate surface area is 81.3 Å². The molecule has 1 rings (SSSR count). The molecule has 0 heterocycles. The van der Waals surface area contributed by atoms with Gasteiger partial charge in [0.25, 0.3) is 5.69 Å². The summed E-state index contributed by atoms with van der Waals surface area (Å²) in [7, 11) is 0. The minimum Gasteiger partial charge on any atom is -0.398 e. The molecule has 0 aliphatic rings. The lowest BCUT2D eigenvalue weighted by atomic mass is 10.0. The summed E-state index contributed by atoms with van der Waals surface area (Å²) in [4.78, 5) is 10.3. The molecule has 14 heavy (non-hydrogen) atoms. The molecule has 0 aliphatic heterocycles. The first kappa shape index (κ1) is 10.5. The third-order valence-corrected chi connectivity index (χ3v) is 2.12. The molecule has 1 aromatic rings. The van der Waals surface area contributed by atoms with Crippen molar-refractivity contribution in [3.63, 3.8) is 0 Å². The second-order valence-electron chi connectivity index (χ2n) is 3.02. The van der Waals surface area contributed by atoms with Gasteiger partial charge in [-0.3, -0.25) is 10.1 Å². The van der Waals surface area contributed by atoms with E-state index in [-0.39, 0.29) is 18.7 Å². The highest BCUT2D eigenvalue weighted by molar-refractivity contribution is 5.60. The number of hydrogen-bond donors (Lipinski definition) is 2. The molecule has 0 aromatic heterocycles. The Morgan fingerprint density at radius 2 is 2.21 bits per heavy atom. The fraction of sp³-hybridized carbons (Fsp3) is 0.333. The van der Waals surface area contributed by atoms with Crippen molar-refractivity contribution < 1.29 is 10.0 Å². The molecular weight excluding hydrogens is 184 g/mol. The molecule has 5 nitrogen and oxygen atoms in total. The number of benzene rings is 1. The van der Waals surface area contributed by atoms with Gasteiger partial charge in [-0.25, -0.2) is 0 Å². The van der Waals surface area contributed by atoms with Gasteiger partial charge in [-0.15, -0.1) is 0 Å². The first-order valence-corrected chi connectivity index (χ1v) is 4.21. The zero-order chi connectivity index (χ0) is 10.7. The van der Waals surface area contributed by atoms with Crippen LogP contribution < -0.4 is 5.73 Å². The van der Waals surface area contributed by atoms with Crippen LogP contribution >= 0.6 is 0 Å². The third-order valence-electron chi connectivity index (χ3n) is 2.12. The summed E-state index contributed by atoms with van der Waals surface area (Å²) in [6.45, 7) is 1.50. The first-order valence-electron chi connectivity index (χ1n) is 4.21. The predicted molar refractivity (Wildman–Crippen MR) is 53.0 cm³/mol. The molecule has 0 atom stereocenters. The normalized spacial score (nSPS) is 10.1. The van der Waals surface area contributed by atoms with Crippen molar-refractivity contribution in [2.45, 2.75) is 13.3 Å². The van der Waals surface area contributed by atoms with E-state index in [0.29, 0.717) is 16.8 Å². The number of nitrogens with two attached hydrogens (primary N) is 1. The van der Waals surface area contributed by atoms with Crippen LogP contribution in [0.4, 0.5) is 11.4 Å². The highest BCUT2D eigenvalue weighted by Gasteiger charge is 2.18. The lowest BCUT2D eigenvalue weighted by molar-refractivity contribution is -0.386. The smallest absolute Gasteiger partial charge is 0.277 e. The number of anilines is 1. The fourth-order valence-corrected chi connectivity index (χ4v) is 1.35. The summed E-state index contributed by atoms with van der Waals surface area (Å²) in [5, 5.41) is 19.5. The molecule has 0 saturated heterocycles. The van der Waals surface area contributed by atoms with Crippen LogP contribution in [-0.2, 0) is 6.42 Å². The Kier molecular flexibility index (Phi) is 3.03. The van der Waals surface area contributed by atoms with Gasteiger partial charge in [-0.05, 0) is 13.0 Å². The van der Waals surface area contributed by atoms with Gasteiger partial charge >= 0.3 is 0 Å². The van der Waals surface area contributed by atoms with Crippen LogP contribution in [-0.4, -0.2) is 16.6 Å². The number of rotatable bonds is 3. The van der Waals surface area contributed by atoms with Crippen LogP contribution in [0.15, 0.2) is 12.1 Å². The van der Waals surface area contributed by atoms with Gasteiger partial charge in [0.1, 0.15) is 0 Å². The standard InChI is InChI=1S/C9H12N2O3/c1-6-8(10)3-2-7(4-5-12)9(6)11(13)14/h2-3,12H,4-5,10H2,1H3. The van der Waals surface area contributed by atoms with Gasteiger partial charge < -0.3 is 10.8 Å². The Balaban J connectivity index is 3.30. The number of nitro benzene ring substituents is 1. The Morgan fingerprint density at radius 3 is 2.71 bits per heavy atom. The molecule has 0 aliphatic carbocycles. The third kappa shape index (κ3) is 1.82. The van der Waals surface area contributed by atoms with E-state index in [1.54, 1.807) is 19.1 Å². The van der Waals surface area contributed by atoms with Crippen LogP contribution in [0.1, 0.15) is 11.1 Å². The van der Waals surface area contributed by atoms with Gasteiger partial charge in [-0.1, -0.05) is 6.07 Å². The minimum atomic E-state index is -0.462. The van der Waals surface area contributed by atoms with Crippen LogP contribution in [0.25, 0.3) is 0 Å². The van der Waals surface area contributed by atoms with Crippen LogP contribution in [0.3, 0.4) is 0 Å². The van der Waals surface area contributed by atoms with E-state index in [2.05, 4.69) is 0 Å². The molecule has 0 saturated carbocycles. The largest absolute Gasteiger partial charge is 0.398 e. The van der Waals surface area contributed by atoms with E-state index in [4.69, 9.17) is 10.8 Å². The summed E-state index contributed by atoms with van der Waals surface area (Å²) < 4.78 is 0. The Bertz CT molecular complexity index is 363. The van der Waals surface area contributed by atoms with E-state index >= 15 is 0 Å². The molecule has 0 bridgehead atoms. The number of aliphatic hydroxyl groups is 1. The van der Waals surface area contributed by atoms with Crippen molar-refractivity contribution in [2.24, 2.45) is 0 Å². The van der Waals surface area contributed by atoms with E-state index in [9.17, 15) is 10.1 Å². The van der Waals surface area contributed by atoms with Crippen molar-refractivity contribution in [1.29, 1.82) is 0 Å². The minimum absolute atomic E-state index is 0.0130. The van der Waals surface area contributed by atoms with Crippen molar-refractivity contribution >= 4 is 11.4 Å². The molecule has 5 heteroatoms. The lowest BCUT2D eigenvalue weighted by Crippen LogP contribution is -2.03. The van der Waals surface area contributed by atoms with Gasteiger partial charge in [0.15, 0.2) is 0 Å². The topological polar surface area (TPSA) is 89.4 Å². The Morgan fingerprint density at radius 1 is 1.57 bits per heavy atom. The number of nitro groups is 1. The molecule has 1 aromatic carbocycles. The maximum absolute atomic E-state index is 10.7. The number of nitrogens with zero attached hydrogens (tertiary/aromatic N) is 1. The zero-order valence-corrected chi connectivity index (χ0v) is 7.86. The molecule has 76 valence electrons. The number of nitrogen functional groups attached to an aromatic ring is 1. The highest BCUT2D eigenvalue weighted by atomic mass is 16.6. The van der Waals surface area contributed by atoms with E-state index in [0.717, 1.165) is 0 Å². The van der Waals surface area contributed by atoms with Crippen LogP contribution in [0.5, 0.6) is 0 Å². The first-order chi connectivity index (χ1) is 6.57. The summed E-state index contributed by atoms with van der Waals surface area (Å²) in [6.07, 6.45) is 0.275. The van der Waals surface area contributed by atoms with Crippen molar-refractivity contribution in [1.82, 2.24) is 0 Å². The van der Waals surface area contributed by atoms with Gasteiger partial charge in [0.05, 0.1) is 4.92 Å². The SMILES string of the molecule is Cc1c(N)ccc(CCO)c1[N+](=O)[O-]. The maximum Gasteiger partial charge on any atom is 0.277 e. The second-order valence-corrected chi connectivity index (χ2v) is 3.02. The molecule has 0 fully saturated rings. The van der Waals surface area contributed by atoms with Gasteiger partial charge in [0, 0.05) is 29.8 Å². The highest BCUT2D eigenvalue weighted by Crippen LogP contribution is 2.27. The zero-order valence-electron chi connectivity index (χ0n) is 7.86. The lowest BCUT2D eigenvalue weighted by Gasteiger charge is -2.05. The van der Waals surface area contributed by atoms with E-state index in [1.807, 2.05) is 0 Å². The summed E-state index contributed by atoms with van der Waals surface area (Å²) in [5.41, 5.74) is 6.95. The average molecular weight is 196 g/mol. The number of hydrogen-bond acceptors (Lipinski definition) is 4. The van der Waals surface area contributed by atoms with Gasteiger partial charge in [-0.2, -0.15) is 0 Å². The van der Waals surface area contributed by atoms with Crippen molar-refractivity contribution in [3.8, 4) is 0 Å². The van der Waals surface area contributed by atoms with Crippen molar-refractivity contribution in [3.05, 3.63) is 33.4 Å². The Hall–Kier alpha value is -1.62. The van der Waals surface area contributed by atoms with Crippen LogP contribution in [0, 0.1) is 17.0 Å². The molecular formula is C9H12N2O3. The molecule has 0 spiro atoms. The monoisotopic (exact) mass is 196 g/mol. The van der Waals surface area contributed by atoms with Gasteiger partial charge in [0.2, 0.25) is 0 Å².